The van der Waals surface area contributed by atoms with Crippen molar-refractivity contribution in [2.45, 2.75) is 6.42 Å². The number of hydrogen-bond acceptors (Lipinski definition) is 5. The van der Waals surface area contributed by atoms with E-state index in [1.165, 1.54) is 11.3 Å². The minimum Gasteiger partial charge on any atom is -0.497 e. The van der Waals surface area contributed by atoms with Gasteiger partial charge in [-0.2, -0.15) is 0 Å². The number of thiazole rings is 1. The van der Waals surface area contributed by atoms with Crippen molar-refractivity contribution in [2.75, 3.05) is 19.0 Å². The lowest BCUT2D eigenvalue weighted by Crippen LogP contribution is -1.95. The number of carbonyl (C=O) groups is 1. The molecule has 0 spiro atoms. The number of benzene rings is 2. The molecule has 0 saturated heterocycles. The molecule has 5 nitrogen and oxygen atoms in total. The average molecular weight is 375 g/mol. The van der Waals surface area contributed by atoms with Crippen LogP contribution in [0.2, 0.25) is 0 Å². The van der Waals surface area contributed by atoms with Crippen LogP contribution in [0.5, 0.6) is 5.75 Å². The highest BCUT2D eigenvalue weighted by molar-refractivity contribution is 7.15. The van der Waals surface area contributed by atoms with E-state index in [-0.39, 0.29) is 0 Å². The van der Waals surface area contributed by atoms with Crippen molar-refractivity contribution in [1.82, 2.24) is 9.38 Å². The Kier molecular flexibility index (Phi) is 3.72. The lowest BCUT2D eigenvalue weighted by atomic mass is 10.1. The van der Waals surface area contributed by atoms with Gasteiger partial charge in [0.15, 0.2) is 11.2 Å². The Morgan fingerprint density at radius 3 is 2.78 bits per heavy atom. The van der Waals surface area contributed by atoms with E-state index in [1.807, 2.05) is 28.7 Å². The van der Waals surface area contributed by atoms with E-state index in [9.17, 15) is 4.79 Å². The van der Waals surface area contributed by atoms with Gasteiger partial charge in [-0.25, -0.2) is 4.98 Å². The van der Waals surface area contributed by atoms with E-state index in [0.29, 0.717) is 11.4 Å². The van der Waals surface area contributed by atoms with Crippen LogP contribution in [0.15, 0.2) is 47.8 Å². The molecule has 2 aromatic carbocycles. The number of imidazole rings is 1. The summed E-state index contributed by atoms with van der Waals surface area (Å²) in [7, 11) is 1.64. The van der Waals surface area contributed by atoms with Gasteiger partial charge in [0.2, 0.25) is 0 Å². The number of hydrogen-bond donors (Lipinski definition) is 1. The first kappa shape index (κ1) is 16.1. The highest BCUT2D eigenvalue weighted by Crippen LogP contribution is 2.35. The summed E-state index contributed by atoms with van der Waals surface area (Å²) in [4.78, 5) is 17.5. The van der Waals surface area contributed by atoms with Crippen molar-refractivity contribution in [3.8, 4) is 28.3 Å². The molecule has 134 valence electrons. The van der Waals surface area contributed by atoms with Crippen LogP contribution in [0.3, 0.4) is 0 Å². The molecular weight excluding hydrogens is 358 g/mol. The molecule has 1 aliphatic heterocycles. The molecule has 4 aromatic rings. The fourth-order valence-corrected chi connectivity index (χ4v) is 4.52. The number of nitrogens with one attached hydrogen (secondary N) is 1. The third-order valence-electron chi connectivity index (χ3n) is 4.99. The standard InChI is InChI=1S/C21H17N3O2S/c1-26-16-5-2-13(3-6-16)20-18(11-25)24-19(12-27-21(24)23-20)15-4-7-17-14(10-15)8-9-22-17/h2-7,10-12,22H,8-9H2,1H3. The summed E-state index contributed by atoms with van der Waals surface area (Å²) in [6.07, 6.45) is 1.92. The molecular formula is C21H17N3O2S. The van der Waals surface area contributed by atoms with E-state index in [2.05, 4.69) is 28.9 Å². The predicted molar refractivity (Wildman–Crippen MR) is 108 cm³/mol. The summed E-state index contributed by atoms with van der Waals surface area (Å²) in [5, 5.41) is 5.45. The molecule has 0 unspecified atom stereocenters. The number of nitrogens with zero attached hydrogens (tertiary/aromatic N) is 2. The number of aromatic nitrogens is 2. The summed E-state index contributed by atoms with van der Waals surface area (Å²) < 4.78 is 7.18. The molecule has 1 aliphatic rings. The average Bonchev–Trinajstić information content (AvgIpc) is 3.41. The number of rotatable bonds is 4. The van der Waals surface area contributed by atoms with Crippen LogP contribution < -0.4 is 10.1 Å². The summed E-state index contributed by atoms with van der Waals surface area (Å²) >= 11 is 1.55. The molecule has 0 saturated carbocycles. The van der Waals surface area contributed by atoms with Crippen LogP contribution in [0, 0.1) is 0 Å². The quantitative estimate of drug-likeness (QED) is 0.533. The Hall–Kier alpha value is -3.12. The third-order valence-corrected chi connectivity index (χ3v) is 5.81. The van der Waals surface area contributed by atoms with E-state index in [1.54, 1.807) is 18.4 Å². The first-order chi connectivity index (χ1) is 13.3. The van der Waals surface area contributed by atoms with E-state index >= 15 is 0 Å². The van der Waals surface area contributed by atoms with Gasteiger partial charge in [0.25, 0.3) is 0 Å². The predicted octanol–water partition coefficient (Wildman–Crippen LogP) is 4.52. The van der Waals surface area contributed by atoms with Crippen LogP contribution in [0.1, 0.15) is 16.1 Å². The smallest absolute Gasteiger partial charge is 0.195 e. The lowest BCUT2D eigenvalue weighted by molar-refractivity contribution is 0.111. The molecule has 0 atom stereocenters. The molecule has 0 radical (unpaired) electrons. The van der Waals surface area contributed by atoms with Crippen molar-refractivity contribution in [3.63, 3.8) is 0 Å². The minimum atomic E-state index is 0.574. The van der Waals surface area contributed by atoms with Crippen molar-refractivity contribution in [1.29, 1.82) is 0 Å². The second-order valence-corrected chi connectivity index (χ2v) is 7.32. The van der Waals surface area contributed by atoms with Crippen LogP contribution >= 0.6 is 11.3 Å². The zero-order valence-corrected chi connectivity index (χ0v) is 15.5. The Labute approximate surface area is 160 Å². The zero-order chi connectivity index (χ0) is 18.4. The van der Waals surface area contributed by atoms with Crippen molar-refractivity contribution in [3.05, 3.63) is 59.1 Å². The highest BCUT2D eigenvalue weighted by Gasteiger charge is 2.19. The number of anilines is 1. The van der Waals surface area contributed by atoms with Gasteiger partial charge in [-0.05, 0) is 53.9 Å². The second-order valence-electron chi connectivity index (χ2n) is 6.48. The maximum Gasteiger partial charge on any atom is 0.195 e. The fourth-order valence-electron chi connectivity index (χ4n) is 3.62. The monoisotopic (exact) mass is 375 g/mol. The first-order valence-corrected chi connectivity index (χ1v) is 9.63. The maximum atomic E-state index is 12.0. The van der Waals surface area contributed by atoms with E-state index < -0.39 is 0 Å². The van der Waals surface area contributed by atoms with Gasteiger partial charge in [-0.1, -0.05) is 6.07 Å². The van der Waals surface area contributed by atoms with Crippen LogP contribution in [0.4, 0.5) is 5.69 Å². The minimum absolute atomic E-state index is 0.574. The van der Waals surface area contributed by atoms with Crippen molar-refractivity contribution >= 4 is 28.3 Å². The van der Waals surface area contributed by atoms with Gasteiger partial charge in [0, 0.05) is 23.2 Å². The van der Waals surface area contributed by atoms with Crippen LogP contribution in [0.25, 0.3) is 27.5 Å². The molecule has 0 amide bonds. The van der Waals surface area contributed by atoms with Gasteiger partial charge in [-0.3, -0.25) is 9.20 Å². The molecule has 2 aromatic heterocycles. The SMILES string of the molecule is COc1ccc(-c2nc3scc(-c4ccc5c(c4)CCN5)n3c2C=O)cc1. The largest absolute Gasteiger partial charge is 0.497 e. The highest BCUT2D eigenvalue weighted by atomic mass is 32.1. The molecule has 0 bridgehead atoms. The first-order valence-electron chi connectivity index (χ1n) is 8.75. The molecule has 5 rings (SSSR count). The summed E-state index contributed by atoms with van der Waals surface area (Å²) in [5.41, 5.74) is 6.79. The van der Waals surface area contributed by atoms with E-state index in [4.69, 9.17) is 9.72 Å². The van der Waals surface area contributed by atoms with Gasteiger partial charge >= 0.3 is 0 Å². The summed E-state index contributed by atoms with van der Waals surface area (Å²) in [6, 6.07) is 14.0. The molecule has 0 aliphatic carbocycles. The molecule has 0 fully saturated rings. The Bertz CT molecular complexity index is 1160. The number of ether oxygens (including phenoxy) is 1. The fraction of sp³-hybridized carbons (Fsp3) is 0.143. The second kappa shape index (κ2) is 6.25. The van der Waals surface area contributed by atoms with Gasteiger partial charge < -0.3 is 10.1 Å². The summed E-state index contributed by atoms with van der Waals surface area (Å²) in [5.74, 6) is 0.778. The van der Waals surface area contributed by atoms with E-state index in [0.717, 1.165) is 46.8 Å². The van der Waals surface area contributed by atoms with Crippen LogP contribution in [-0.4, -0.2) is 29.3 Å². The van der Waals surface area contributed by atoms with Gasteiger partial charge in [0.1, 0.15) is 17.1 Å². The van der Waals surface area contributed by atoms with Crippen LogP contribution in [-0.2, 0) is 6.42 Å². The topological polar surface area (TPSA) is 55.6 Å². The Morgan fingerprint density at radius 2 is 2.00 bits per heavy atom. The zero-order valence-electron chi connectivity index (χ0n) is 14.7. The maximum absolute atomic E-state index is 12.0. The Balaban J connectivity index is 1.67. The Morgan fingerprint density at radius 1 is 1.19 bits per heavy atom. The van der Waals surface area contributed by atoms with Gasteiger partial charge in [0.05, 0.1) is 12.8 Å². The van der Waals surface area contributed by atoms with Crippen molar-refractivity contribution < 1.29 is 9.53 Å². The number of aldehydes is 1. The molecule has 6 heteroatoms. The van der Waals surface area contributed by atoms with Crippen molar-refractivity contribution in [2.24, 2.45) is 0 Å². The summed E-state index contributed by atoms with van der Waals surface area (Å²) in [6.45, 7) is 0.976. The van der Waals surface area contributed by atoms with Gasteiger partial charge in [-0.15, -0.1) is 11.3 Å². The molecule has 27 heavy (non-hydrogen) atoms. The molecule has 3 heterocycles. The number of fused-ring (bicyclic) bond motifs is 2. The number of carbonyl (C=O) groups excluding carboxylic acids is 1. The third kappa shape index (κ3) is 2.52. The number of methoxy groups -OCH3 is 1. The molecule has 1 N–H and O–H groups in total. The normalized spacial score (nSPS) is 12.8. The lowest BCUT2D eigenvalue weighted by Gasteiger charge is -2.06.